The Balaban J connectivity index is 1.58. The Bertz CT molecular complexity index is 801. The minimum Gasteiger partial charge on any atom is -0.496 e. The summed E-state index contributed by atoms with van der Waals surface area (Å²) in [5.74, 6) is 0.0657. The van der Waals surface area contributed by atoms with E-state index in [1.165, 1.54) is 18.2 Å². The summed E-state index contributed by atoms with van der Waals surface area (Å²) in [5.41, 5.74) is 1.18. The van der Waals surface area contributed by atoms with Gasteiger partial charge in [0.1, 0.15) is 11.6 Å². The molecule has 1 heterocycles. The molecule has 0 saturated carbocycles. The number of hydrogen-bond acceptors (Lipinski definition) is 3. The minimum atomic E-state index is -0.429. The lowest BCUT2D eigenvalue weighted by Crippen LogP contribution is -2.51. The Kier molecular flexibility index (Phi) is 5.51. The molecule has 5 nitrogen and oxygen atoms in total. The van der Waals surface area contributed by atoms with E-state index in [0.29, 0.717) is 37.5 Å². The summed E-state index contributed by atoms with van der Waals surface area (Å²) >= 11 is 0. The van der Waals surface area contributed by atoms with Gasteiger partial charge in [0.05, 0.1) is 13.5 Å². The molecule has 0 unspecified atom stereocenters. The van der Waals surface area contributed by atoms with Crippen LogP contribution in [-0.4, -0.2) is 54.9 Å². The molecule has 2 aromatic rings. The Hall–Kier alpha value is -2.89. The molecule has 3 rings (SSSR count). The van der Waals surface area contributed by atoms with Gasteiger partial charge in [0.25, 0.3) is 5.91 Å². The van der Waals surface area contributed by atoms with Crippen molar-refractivity contribution >= 4 is 11.8 Å². The zero-order valence-electron chi connectivity index (χ0n) is 14.7. The van der Waals surface area contributed by atoms with Gasteiger partial charge in [-0.05, 0) is 24.3 Å². The van der Waals surface area contributed by atoms with Gasteiger partial charge >= 0.3 is 0 Å². The van der Waals surface area contributed by atoms with Crippen LogP contribution in [0.2, 0.25) is 0 Å². The van der Waals surface area contributed by atoms with Crippen LogP contribution in [0.25, 0.3) is 0 Å². The quantitative estimate of drug-likeness (QED) is 0.845. The number of amides is 2. The smallest absolute Gasteiger partial charge is 0.254 e. The van der Waals surface area contributed by atoms with Crippen molar-refractivity contribution in [3.63, 3.8) is 0 Å². The second-order valence-electron chi connectivity index (χ2n) is 6.17. The number of halogens is 1. The molecule has 136 valence electrons. The van der Waals surface area contributed by atoms with Crippen LogP contribution < -0.4 is 4.74 Å². The molecule has 0 spiro atoms. The van der Waals surface area contributed by atoms with E-state index in [1.807, 2.05) is 24.3 Å². The van der Waals surface area contributed by atoms with Gasteiger partial charge in [-0.1, -0.05) is 24.3 Å². The van der Waals surface area contributed by atoms with Crippen LogP contribution >= 0.6 is 0 Å². The first kappa shape index (κ1) is 17.9. The van der Waals surface area contributed by atoms with E-state index in [2.05, 4.69) is 0 Å². The second kappa shape index (κ2) is 7.99. The number of methoxy groups -OCH3 is 1. The van der Waals surface area contributed by atoms with Gasteiger partial charge < -0.3 is 14.5 Å². The van der Waals surface area contributed by atoms with Gasteiger partial charge in [-0.3, -0.25) is 9.59 Å². The zero-order valence-corrected chi connectivity index (χ0v) is 14.7. The van der Waals surface area contributed by atoms with E-state index in [1.54, 1.807) is 23.0 Å². The van der Waals surface area contributed by atoms with Gasteiger partial charge in [-0.2, -0.15) is 0 Å². The van der Waals surface area contributed by atoms with Crippen molar-refractivity contribution in [3.8, 4) is 5.75 Å². The summed E-state index contributed by atoms with van der Waals surface area (Å²) in [6.45, 7) is 1.81. The SMILES string of the molecule is COc1ccccc1CC(=O)N1CCN(C(=O)c2cccc(F)c2)CC1. The number of piperazine rings is 1. The molecule has 1 aliphatic heterocycles. The minimum absolute atomic E-state index is 0.00681. The van der Waals surface area contributed by atoms with Gasteiger partial charge in [-0.15, -0.1) is 0 Å². The number of para-hydroxylation sites is 1. The molecule has 0 atom stereocenters. The van der Waals surface area contributed by atoms with Crippen molar-refractivity contribution in [3.05, 3.63) is 65.5 Å². The van der Waals surface area contributed by atoms with Crippen molar-refractivity contribution in [2.24, 2.45) is 0 Å². The van der Waals surface area contributed by atoms with E-state index in [4.69, 9.17) is 4.74 Å². The monoisotopic (exact) mass is 356 g/mol. The molecule has 0 N–H and O–H groups in total. The van der Waals surface area contributed by atoms with Crippen molar-refractivity contribution in [2.75, 3.05) is 33.3 Å². The highest BCUT2D eigenvalue weighted by molar-refractivity contribution is 5.94. The number of ether oxygens (including phenoxy) is 1. The highest BCUT2D eigenvalue weighted by atomic mass is 19.1. The first-order chi connectivity index (χ1) is 12.6. The summed E-state index contributed by atoms with van der Waals surface area (Å²) in [6, 6.07) is 13.1. The molecule has 0 aromatic heterocycles. The Morgan fingerprint density at radius 2 is 1.69 bits per heavy atom. The van der Waals surface area contributed by atoms with Gasteiger partial charge in [0.2, 0.25) is 5.91 Å². The van der Waals surface area contributed by atoms with E-state index in [0.717, 1.165) is 5.56 Å². The maximum atomic E-state index is 13.3. The highest BCUT2D eigenvalue weighted by Crippen LogP contribution is 2.19. The first-order valence-electron chi connectivity index (χ1n) is 8.53. The molecule has 2 amide bonds. The summed E-state index contributed by atoms with van der Waals surface area (Å²) in [7, 11) is 1.58. The predicted molar refractivity (Wildman–Crippen MR) is 95.6 cm³/mol. The summed E-state index contributed by atoms with van der Waals surface area (Å²) in [6.07, 6.45) is 0.266. The number of carbonyl (C=O) groups excluding carboxylic acids is 2. The number of hydrogen-bond donors (Lipinski definition) is 0. The van der Waals surface area contributed by atoms with Crippen molar-refractivity contribution in [1.29, 1.82) is 0 Å². The molecule has 0 radical (unpaired) electrons. The lowest BCUT2D eigenvalue weighted by Gasteiger charge is -2.35. The molecule has 26 heavy (non-hydrogen) atoms. The molecule has 1 aliphatic rings. The maximum absolute atomic E-state index is 13.3. The van der Waals surface area contributed by atoms with E-state index >= 15 is 0 Å². The zero-order chi connectivity index (χ0) is 18.5. The van der Waals surface area contributed by atoms with Crippen molar-refractivity contribution in [2.45, 2.75) is 6.42 Å². The van der Waals surface area contributed by atoms with Crippen LogP contribution in [0.4, 0.5) is 4.39 Å². The normalized spacial score (nSPS) is 14.2. The van der Waals surface area contributed by atoms with E-state index in [-0.39, 0.29) is 18.2 Å². The first-order valence-corrected chi connectivity index (χ1v) is 8.53. The van der Waals surface area contributed by atoms with E-state index in [9.17, 15) is 14.0 Å². The molecule has 6 heteroatoms. The summed E-state index contributed by atoms with van der Waals surface area (Å²) < 4.78 is 18.6. The molecule has 1 saturated heterocycles. The molecule has 2 aromatic carbocycles. The Labute approximate surface area is 152 Å². The topological polar surface area (TPSA) is 49.9 Å². The third kappa shape index (κ3) is 4.02. The highest BCUT2D eigenvalue weighted by Gasteiger charge is 2.25. The third-order valence-corrected chi connectivity index (χ3v) is 4.53. The second-order valence-corrected chi connectivity index (χ2v) is 6.17. The Morgan fingerprint density at radius 1 is 1.00 bits per heavy atom. The van der Waals surface area contributed by atoms with Crippen LogP contribution in [0.5, 0.6) is 5.75 Å². The van der Waals surface area contributed by atoms with Crippen molar-refractivity contribution in [1.82, 2.24) is 9.80 Å². The fourth-order valence-corrected chi connectivity index (χ4v) is 3.09. The lowest BCUT2D eigenvalue weighted by atomic mass is 10.1. The average Bonchev–Trinajstić information content (AvgIpc) is 2.68. The average molecular weight is 356 g/mol. The largest absolute Gasteiger partial charge is 0.496 e. The fourth-order valence-electron chi connectivity index (χ4n) is 3.09. The predicted octanol–water partition coefficient (Wildman–Crippen LogP) is 2.36. The van der Waals surface area contributed by atoms with Crippen molar-refractivity contribution < 1.29 is 18.7 Å². The lowest BCUT2D eigenvalue weighted by molar-refractivity contribution is -0.131. The fraction of sp³-hybridized carbons (Fsp3) is 0.300. The van der Waals surface area contributed by atoms with Crippen LogP contribution in [0.3, 0.4) is 0 Å². The maximum Gasteiger partial charge on any atom is 0.254 e. The number of nitrogens with zero attached hydrogens (tertiary/aromatic N) is 2. The van der Waals surface area contributed by atoms with Crippen LogP contribution in [0.1, 0.15) is 15.9 Å². The number of rotatable bonds is 4. The van der Waals surface area contributed by atoms with Crippen LogP contribution in [0.15, 0.2) is 48.5 Å². The third-order valence-electron chi connectivity index (χ3n) is 4.53. The van der Waals surface area contributed by atoms with Gasteiger partial charge in [-0.25, -0.2) is 4.39 Å². The standard InChI is InChI=1S/C20H21FN2O3/c1-26-18-8-3-2-5-15(18)14-19(24)22-9-11-23(12-10-22)20(25)16-6-4-7-17(21)13-16/h2-8,13H,9-12,14H2,1H3. The molecule has 0 bridgehead atoms. The van der Waals surface area contributed by atoms with Gasteiger partial charge in [0.15, 0.2) is 0 Å². The molecular formula is C20H21FN2O3. The number of carbonyl (C=O) groups is 2. The van der Waals surface area contributed by atoms with Crippen LogP contribution in [0, 0.1) is 5.82 Å². The summed E-state index contributed by atoms with van der Waals surface area (Å²) in [5, 5.41) is 0. The number of benzene rings is 2. The summed E-state index contributed by atoms with van der Waals surface area (Å²) in [4.78, 5) is 28.4. The molecular weight excluding hydrogens is 335 g/mol. The molecule has 1 fully saturated rings. The van der Waals surface area contributed by atoms with Gasteiger partial charge in [0, 0.05) is 37.3 Å². The molecule has 0 aliphatic carbocycles. The Morgan fingerprint density at radius 3 is 2.38 bits per heavy atom. The van der Waals surface area contributed by atoms with E-state index < -0.39 is 5.82 Å². The van der Waals surface area contributed by atoms with Crippen LogP contribution in [-0.2, 0) is 11.2 Å².